The summed E-state index contributed by atoms with van der Waals surface area (Å²) in [6.45, 7) is -2.22. The molecular weight excluding hydrogens is 338 g/mol. The van der Waals surface area contributed by atoms with Crippen LogP contribution in [0.2, 0.25) is 0 Å². The van der Waals surface area contributed by atoms with E-state index in [-0.39, 0.29) is 18.3 Å². The molecule has 1 atom stereocenters. The molecule has 4 nitrogen and oxygen atoms in total. The van der Waals surface area contributed by atoms with Crippen LogP contribution >= 0.6 is 0 Å². The zero-order chi connectivity index (χ0) is 18.4. The summed E-state index contributed by atoms with van der Waals surface area (Å²) in [6.07, 6.45) is 3.24. The summed E-state index contributed by atoms with van der Waals surface area (Å²) in [7, 11) is 0. The Balaban J connectivity index is 1.52. The van der Waals surface area contributed by atoms with Crippen molar-refractivity contribution < 1.29 is 18.3 Å². The highest BCUT2D eigenvalue weighted by molar-refractivity contribution is 5.74. The number of halogens is 2. The second kappa shape index (κ2) is 8.65. The van der Waals surface area contributed by atoms with Crippen LogP contribution in [0.25, 0.3) is 0 Å². The highest BCUT2D eigenvalue weighted by Gasteiger charge is 2.20. The largest absolute Gasteiger partial charge is 0.434 e. The number of amides is 2. The smallest absolute Gasteiger partial charge is 0.387 e. The molecule has 0 bridgehead atoms. The number of urea groups is 1. The van der Waals surface area contributed by atoms with Gasteiger partial charge in [-0.05, 0) is 36.5 Å². The molecule has 0 aliphatic heterocycles. The monoisotopic (exact) mass is 360 g/mol. The predicted octanol–water partition coefficient (Wildman–Crippen LogP) is 4.21. The predicted molar refractivity (Wildman–Crippen MR) is 95.4 cm³/mol. The Morgan fingerprint density at radius 1 is 1.12 bits per heavy atom. The number of benzene rings is 2. The standard InChI is InChI=1S/C20H22F2N2O2/c21-19(22)26-18-11-4-2-7-16(18)13-24-20(25)23-12-15-9-5-8-14-6-1-3-10-17(14)15/h1-4,6-7,10-11,15,19H,5,8-9,12-13H2,(H2,23,24,25). The third-order valence-electron chi connectivity index (χ3n) is 4.63. The third-order valence-corrected chi connectivity index (χ3v) is 4.63. The van der Waals surface area contributed by atoms with Gasteiger partial charge in [-0.2, -0.15) is 8.78 Å². The van der Waals surface area contributed by atoms with Crippen LogP contribution in [0.15, 0.2) is 48.5 Å². The quantitative estimate of drug-likeness (QED) is 0.811. The van der Waals surface area contributed by atoms with Crippen LogP contribution in [0, 0.1) is 0 Å². The summed E-state index contributed by atoms with van der Waals surface area (Å²) in [4.78, 5) is 12.1. The molecule has 2 amide bonds. The molecule has 0 radical (unpaired) electrons. The molecule has 2 aromatic carbocycles. The van der Waals surface area contributed by atoms with E-state index in [2.05, 4.69) is 27.5 Å². The fourth-order valence-corrected chi connectivity index (χ4v) is 3.38. The molecule has 1 unspecified atom stereocenters. The topological polar surface area (TPSA) is 50.4 Å². The molecule has 0 saturated heterocycles. The van der Waals surface area contributed by atoms with Gasteiger partial charge in [0.25, 0.3) is 0 Å². The normalized spacial score (nSPS) is 16.0. The van der Waals surface area contributed by atoms with Gasteiger partial charge in [-0.15, -0.1) is 0 Å². The number of alkyl halides is 2. The molecule has 1 aliphatic carbocycles. The minimum Gasteiger partial charge on any atom is -0.434 e. The molecule has 6 heteroatoms. The van der Waals surface area contributed by atoms with Gasteiger partial charge in [0.1, 0.15) is 5.75 Å². The highest BCUT2D eigenvalue weighted by Crippen LogP contribution is 2.30. The van der Waals surface area contributed by atoms with Crippen LogP contribution < -0.4 is 15.4 Å². The van der Waals surface area contributed by atoms with Crippen molar-refractivity contribution in [2.75, 3.05) is 6.54 Å². The number of hydrogen-bond donors (Lipinski definition) is 2. The van der Waals surface area contributed by atoms with Crippen molar-refractivity contribution in [1.82, 2.24) is 10.6 Å². The van der Waals surface area contributed by atoms with Gasteiger partial charge in [-0.25, -0.2) is 4.79 Å². The average molecular weight is 360 g/mol. The number of para-hydroxylation sites is 1. The van der Waals surface area contributed by atoms with E-state index in [1.165, 1.54) is 17.2 Å². The first-order chi connectivity index (χ1) is 12.6. The van der Waals surface area contributed by atoms with E-state index in [0.717, 1.165) is 19.3 Å². The fourth-order valence-electron chi connectivity index (χ4n) is 3.38. The summed E-state index contributed by atoms with van der Waals surface area (Å²) in [5, 5.41) is 5.59. The van der Waals surface area contributed by atoms with Gasteiger partial charge in [0, 0.05) is 24.6 Å². The van der Waals surface area contributed by atoms with Crippen molar-refractivity contribution in [3.05, 3.63) is 65.2 Å². The minimum absolute atomic E-state index is 0.0732. The van der Waals surface area contributed by atoms with E-state index in [1.807, 2.05) is 12.1 Å². The number of carbonyl (C=O) groups excluding carboxylic acids is 1. The Kier molecular flexibility index (Phi) is 6.04. The van der Waals surface area contributed by atoms with Gasteiger partial charge in [0.2, 0.25) is 0 Å². The van der Waals surface area contributed by atoms with E-state index in [0.29, 0.717) is 18.0 Å². The number of nitrogens with one attached hydrogen (secondary N) is 2. The molecule has 0 heterocycles. The van der Waals surface area contributed by atoms with Gasteiger partial charge in [-0.3, -0.25) is 0 Å². The lowest BCUT2D eigenvalue weighted by Gasteiger charge is -2.25. The Labute approximate surface area is 151 Å². The summed E-state index contributed by atoms with van der Waals surface area (Å²) >= 11 is 0. The van der Waals surface area contributed by atoms with Crippen LogP contribution in [0.3, 0.4) is 0 Å². The average Bonchev–Trinajstić information content (AvgIpc) is 2.65. The van der Waals surface area contributed by atoms with Crippen molar-refractivity contribution >= 4 is 6.03 Å². The molecule has 3 rings (SSSR count). The van der Waals surface area contributed by atoms with Crippen molar-refractivity contribution in [2.45, 2.75) is 38.3 Å². The number of hydrogen-bond acceptors (Lipinski definition) is 2. The molecule has 2 N–H and O–H groups in total. The van der Waals surface area contributed by atoms with E-state index in [4.69, 9.17) is 0 Å². The summed E-state index contributed by atoms with van der Waals surface area (Å²) in [6, 6.07) is 14.4. The number of ether oxygens (including phenoxy) is 1. The molecule has 26 heavy (non-hydrogen) atoms. The zero-order valence-electron chi connectivity index (χ0n) is 14.4. The van der Waals surface area contributed by atoms with Gasteiger partial charge in [0.15, 0.2) is 0 Å². The maximum atomic E-state index is 12.4. The van der Waals surface area contributed by atoms with Crippen LogP contribution in [-0.2, 0) is 13.0 Å². The van der Waals surface area contributed by atoms with Crippen LogP contribution in [0.5, 0.6) is 5.75 Å². The van der Waals surface area contributed by atoms with E-state index >= 15 is 0 Å². The fraction of sp³-hybridized carbons (Fsp3) is 0.350. The molecule has 1 aliphatic rings. The van der Waals surface area contributed by atoms with E-state index < -0.39 is 6.61 Å². The number of aryl methyl sites for hydroxylation is 1. The summed E-state index contributed by atoms with van der Waals surface area (Å²) in [5.74, 6) is 0.379. The maximum Gasteiger partial charge on any atom is 0.387 e. The van der Waals surface area contributed by atoms with Crippen molar-refractivity contribution in [3.63, 3.8) is 0 Å². The molecule has 2 aromatic rings. The van der Waals surface area contributed by atoms with Gasteiger partial charge < -0.3 is 15.4 Å². The Morgan fingerprint density at radius 2 is 1.88 bits per heavy atom. The molecule has 0 saturated carbocycles. The Bertz CT molecular complexity index is 752. The molecule has 0 aromatic heterocycles. The molecule has 138 valence electrons. The number of carbonyl (C=O) groups is 1. The molecule has 0 fully saturated rings. The second-order valence-corrected chi connectivity index (χ2v) is 6.34. The first kappa shape index (κ1) is 18.2. The van der Waals surface area contributed by atoms with Crippen molar-refractivity contribution in [3.8, 4) is 5.75 Å². The lowest BCUT2D eigenvalue weighted by Crippen LogP contribution is -2.38. The Morgan fingerprint density at radius 3 is 2.73 bits per heavy atom. The summed E-state index contributed by atoms with van der Waals surface area (Å²) < 4.78 is 29.3. The maximum absolute atomic E-state index is 12.4. The lowest BCUT2D eigenvalue weighted by molar-refractivity contribution is -0.0504. The van der Waals surface area contributed by atoms with Crippen molar-refractivity contribution in [2.24, 2.45) is 0 Å². The van der Waals surface area contributed by atoms with Gasteiger partial charge in [0.05, 0.1) is 0 Å². The van der Waals surface area contributed by atoms with Gasteiger partial charge in [-0.1, -0.05) is 42.5 Å². The molecule has 0 spiro atoms. The third kappa shape index (κ3) is 4.71. The summed E-state index contributed by atoms with van der Waals surface area (Å²) in [5.41, 5.74) is 3.16. The van der Waals surface area contributed by atoms with E-state index in [1.54, 1.807) is 18.2 Å². The zero-order valence-corrected chi connectivity index (χ0v) is 14.4. The van der Waals surface area contributed by atoms with Crippen LogP contribution in [0.1, 0.15) is 35.4 Å². The van der Waals surface area contributed by atoms with Crippen LogP contribution in [-0.4, -0.2) is 19.2 Å². The van der Waals surface area contributed by atoms with E-state index in [9.17, 15) is 13.6 Å². The highest BCUT2D eigenvalue weighted by atomic mass is 19.3. The second-order valence-electron chi connectivity index (χ2n) is 6.34. The minimum atomic E-state index is -2.89. The van der Waals surface area contributed by atoms with Crippen molar-refractivity contribution in [1.29, 1.82) is 0 Å². The molecular formula is C20H22F2N2O2. The SMILES string of the molecule is O=C(NCc1ccccc1OC(F)F)NCC1CCCc2ccccc21. The first-order valence-corrected chi connectivity index (χ1v) is 8.75. The number of rotatable bonds is 6. The van der Waals surface area contributed by atoms with Crippen LogP contribution in [0.4, 0.5) is 13.6 Å². The first-order valence-electron chi connectivity index (χ1n) is 8.75. The Hall–Kier alpha value is -2.63. The number of fused-ring (bicyclic) bond motifs is 1. The van der Waals surface area contributed by atoms with Gasteiger partial charge >= 0.3 is 12.6 Å². The lowest BCUT2D eigenvalue weighted by atomic mass is 9.83.